The van der Waals surface area contributed by atoms with E-state index in [-0.39, 0.29) is 0 Å². The summed E-state index contributed by atoms with van der Waals surface area (Å²) in [5.41, 5.74) is 14.2. The average molecular weight is 670 g/mol. The molecule has 0 bridgehead atoms. The molecule has 0 aliphatic heterocycles. The zero-order valence-electron chi connectivity index (χ0n) is 28.8. The van der Waals surface area contributed by atoms with Gasteiger partial charge in [-0.25, -0.2) is 0 Å². The third-order valence-corrected chi connectivity index (χ3v) is 10.5. The Hall–Kier alpha value is -6.58. The van der Waals surface area contributed by atoms with E-state index in [4.69, 9.17) is 8.83 Å². The Balaban J connectivity index is 1.06. The number of anilines is 3. The van der Waals surface area contributed by atoms with Crippen LogP contribution in [0.15, 0.2) is 185 Å². The van der Waals surface area contributed by atoms with Gasteiger partial charge in [0.15, 0.2) is 0 Å². The van der Waals surface area contributed by atoms with Gasteiger partial charge in [0.25, 0.3) is 0 Å². The highest BCUT2D eigenvalue weighted by Gasteiger charge is 2.26. The van der Waals surface area contributed by atoms with Gasteiger partial charge in [-0.15, -0.1) is 0 Å². The van der Waals surface area contributed by atoms with Crippen LogP contribution in [-0.2, 0) is 0 Å². The summed E-state index contributed by atoms with van der Waals surface area (Å²) in [5.74, 6) is 1.41. The Morgan fingerprint density at radius 1 is 0.481 bits per heavy atom. The van der Waals surface area contributed by atoms with E-state index in [2.05, 4.69) is 170 Å². The van der Waals surface area contributed by atoms with Crippen molar-refractivity contribution < 1.29 is 8.83 Å². The van der Waals surface area contributed by atoms with Crippen LogP contribution < -0.4 is 4.90 Å². The lowest BCUT2D eigenvalue weighted by atomic mass is 9.85. The molecule has 0 N–H and O–H groups in total. The first-order valence-corrected chi connectivity index (χ1v) is 18.0. The summed E-state index contributed by atoms with van der Waals surface area (Å²) in [5, 5.41) is 3.49. The van der Waals surface area contributed by atoms with Gasteiger partial charge >= 0.3 is 0 Å². The maximum atomic E-state index is 6.51. The van der Waals surface area contributed by atoms with E-state index in [0.717, 1.165) is 79.0 Å². The molecule has 1 aliphatic carbocycles. The summed E-state index contributed by atoms with van der Waals surface area (Å²) >= 11 is 0. The predicted molar refractivity (Wildman–Crippen MR) is 216 cm³/mol. The van der Waals surface area contributed by atoms with Crippen LogP contribution in [0.25, 0.3) is 60.7 Å². The summed E-state index contributed by atoms with van der Waals surface area (Å²) in [7, 11) is 0. The molecule has 7 aromatic carbocycles. The fourth-order valence-corrected chi connectivity index (χ4v) is 7.97. The molecule has 1 aliphatic rings. The molecule has 2 aromatic heterocycles. The Kier molecular flexibility index (Phi) is 7.17. The van der Waals surface area contributed by atoms with Gasteiger partial charge in [0, 0.05) is 49.9 Å². The summed E-state index contributed by atoms with van der Waals surface area (Å²) in [6.45, 7) is 2.29. The van der Waals surface area contributed by atoms with Gasteiger partial charge in [0.2, 0.25) is 0 Å². The Bertz CT molecular complexity index is 2770. The molecule has 0 spiro atoms. The van der Waals surface area contributed by atoms with Crippen LogP contribution in [0.4, 0.5) is 17.1 Å². The molecule has 9 aromatic rings. The van der Waals surface area contributed by atoms with Crippen molar-refractivity contribution >= 4 is 55.5 Å². The maximum Gasteiger partial charge on any atom is 0.143 e. The molecule has 248 valence electrons. The standard InChI is InChI=1S/C49H35NO2/c1-32-21-30-41(49-47(32)44-16-6-8-20-46(44)52-49)35-24-28-38(29-25-35)50(39-14-9-13-36(31-39)33-11-3-2-4-12-33)37-26-22-34(23-27-37)40-17-10-18-43-42-15-5-7-19-45(42)51-48(40)43/h2-20,22-32H,21H2,1H3. The van der Waals surface area contributed by atoms with Crippen molar-refractivity contribution in [3.05, 3.63) is 193 Å². The van der Waals surface area contributed by atoms with E-state index < -0.39 is 0 Å². The van der Waals surface area contributed by atoms with Crippen LogP contribution in [0, 0.1) is 0 Å². The number of hydrogen-bond donors (Lipinski definition) is 0. The number of para-hydroxylation sites is 3. The smallest absolute Gasteiger partial charge is 0.143 e. The molecule has 0 amide bonds. The van der Waals surface area contributed by atoms with Crippen molar-refractivity contribution in [1.82, 2.24) is 0 Å². The molecular weight excluding hydrogens is 635 g/mol. The number of allylic oxidation sites excluding steroid dienone is 1. The van der Waals surface area contributed by atoms with E-state index in [1.165, 1.54) is 22.1 Å². The lowest BCUT2D eigenvalue weighted by Crippen LogP contribution is -2.10. The lowest BCUT2D eigenvalue weighted by Gasteiger charge is -2.27. The van der Waals surface area contributed by atoms with Gasteiger partial charge in [-0.05, 0) is 83.1 Å². The number of rotatable bonds is 6. The van der Waals surface area contributed by atoms with Crippen molar-refractivity contribution in [3.63, 3.8) is 0 Å². The quantitative estimate of drug-likeness (QED) is 0.176. The van der Waals surface area contributed by atoms with Crippen molar-refractivity contribution in [3.8, 4) is 22.3 Å². The minimum absolute atomic E-state index is 0.413. The molecule has 3 nitrogen and oxygen atoms in total. The molecule has 0 saturated carbocycles. The number of benzene rings is 7. The lowest BCUT2D eigenvalue weighted by molar-refractivity contribution is 0.581. The molecule has 52 heavy (non-hydrogen) atoms. The van der Waals surface area contributed by atoms with Crippen LogP contribution in [0.2, 0.25) is 0 Å². The Labute approximate surface area is 302 Å². The fraction of sp³-hybridized carbons (Fsp3) is 0.0612. The molecule has 3 heteroatoms. The first-order chi connectivity index (χ1) is 25.7. The van der Waals surface area contributed by atoms with Crippen LogP contribution in [0.5, 0.6) is 0 Å². The predicted octanol–water partition coefficient (Wildman–Crippen LogP) is 14.1. The zero-order chi connectivity index (χ0) is 34.6. The molecular formula is C49H35NO2. The topological polar surface area (TPSA) is 29.5 Å². The third kappa shape index (κ3) is 5.05. The van der Waals surface area contributed by atoms with Gasteiger partial charge in [-0.1, -0.05) is 134 Å². The van der Waals surface area contributed by atoms with E-state index in [1.807, 2.05) is 18.2 Å². The minimum Gasteiger partial charge on any atom is -0.456 e. The van der Waals surface area contributed by atoms with Gasteiger partial charge in [-0.3, -0.25) is 0 Å². The zero-order valence-corrected chi connectivity index (χ0v) is 28.8. The van der Waals surface area contributed by atoms with Gasteiger partial charge < -0.3 is 13.7 Å². The first-order valence-electron chi connectivity index (χ1n) is 18.0. The van der Waals surface area contributed by atoms with Crippen molar-refractivity contribution in [2.75, 3.05) is 4.90 Å². The summed E-state index contributed by atoms with van der Waals surface area (Å²) < 4.78 is 12.9. The molecule has 10 rings (SSSR count). The summed E-state index contributed by atoms with van der Waals surface area (Å²) in [6, 6.07) is 60.2. The SMILES string of the molecule is CC1CC=C(c2ccc(N(c3ccc(-c4cccc5c4oc4ccccc45)cc3)c3cccc(-c4ccccc4)c3)cc2)c2oc3ccccc3c21. The van der Waals surface area contributed by atoms with Crippen LogP contribution >= 0.6 is 0 Å². The van der Waals surface area contributed by atoms with Crippen molar-refractivity contribution in [2.45, 2.75) is 19.3 Å². The highest BCUT2D eigenvalue weighted by atomic mass is 16.3. The summed E-state index contributed by atoms with van der Waals surface area (Å²) in [6.07, 6.45) is 3.33. The average Bonchev–Trinajstić information content (AvgIpc) is 3.79. The van der Waals surface area contributed by atoms with Gasteiger partial charge in [0.05, 0.1) is 0 Å². The highest BCUT2D eigenvalue weighted by molar-refractivity contribution is 6.09. The summed E-state index contributed by atoms with van der Waals surface area (Å²) in [4.78, 5) is 2.34. The monoisotopic (exact) mass is 669 g/mol. The van der Waals surface area contributed by atoms with Crippen LogP contribution in [0.3, 0.4) is 0 Å². The van der Waals surface area contributed by atoms with Gasteiger partial charge in [0.1, 0.15) is 22.5 Å². The Morgan fingerprint density at radius 2 is 1.10 bits per heavy atom. The largest absolute Gasteiger partial charge is 0.456 e. The van der Waals surface area contributed by atoms with Crippen LogP contribution in [-0.4, -0.2) is 0 Å². The number of hydrogen-bond acceptors (Lipinski definition) is 3. The third-order valence-electron chi connectivity index (χ3n) is 10.5. The maximum absolute atomic E-state index is 6.51. The second-order valence-corrected chi connectivity index (χ2v) is 13.7. The van der Waals surface area contributed by atoms with E-state index in [0.29, 0.717) is 5.92 Å². The molecule has 0 saturated heterocycles. The Morgan fingerprint density at radius 3 is 1.87 bits per heavy atom. The number of furan rings is 2. The normalized spacial score (nSPS) is 14.1. The van der Waals surface area contributed by atoms with Crippen LogP contribution in [0.1, 0.15) is 36.1 Å². The number of nitrogens with zero attached hydrogens (tertiary/aromatic N) is 1. The molecule has 0 fully saturated rings. The fourth-order valence-electron chi connectivity index (χ4n) is 7.97. The highest BCUT2D eigenvalue weighted by Crippen LogP contribution is 2.45. The van der Waals surface area contributed by atoms with Crippen molar-refractivity contribution in [1.29, 1.82) is 0 Å². The van der Waals surface area contributed by atoms with Crippen molar-refractivity contribution in [2.24, 2.45) is 0 Å². The van der Waals surface area contributed by atoms with Gasteiger partial charge in [-0.2, -0.15) is 0 Å². The van der Waals surface area contributed by atoms with E-state index in [9.17, 15) is 0 Å². The minimum atomic E-state index is 0.413. The van der Waals surface area contributed by atoms with E-state index >= 15 is 0 Å². The first kappa shape index (κ1) is 30.3. The molecule has 2 heterocycles. The molecule has 1 atom stereocenters. The van der Waals surface area contributed by atoms with E-state index in [1.54, 1.807) is 0 Å². The second-order valence-electron chi connectivity index (χ2n) is 13.7. The second kappa shape index (κ2) is 12.3. The molecule has 1 unspecified atom stereocenters. The molecule has 0 radical (unpaired) electrons. The number of fused-ring (bicyclic) bond motifs is 6.